The van der Waals surface area contributed by atoms with Crippen LogP contribution in [-0.2, 0) is 4.74 Å². The van der Waals surface area contributed by atoms with Crippen LogP contribution in [0.5, 0.6) is 0 Å². The van der Waals surface area contributed by atoms with Crippen molar-refractivity contribution in [2.75, 3.05) is 6.61 Å². The highest BCUT2D eigenvalue weighted by molar-refractivity contribution is 9.11. The monoisotopic (exact) mass is 286 g/mol. The number of unbranched alkanes of at least 4 members (excludes halogenated alkanes) is 1. The molecule has 0 aliphatic rings. The highest BCUT2D eigenvalue weighted by Crippen LogP contribution is 2.22. The maximum Gasteiger partial charge on any atom is 0.136 e. The Morgan fingerprint density at radius 2 is 2.00 bits per heavy atom. The van der Waals surface area contributed by atoms with Gasteiger partial charge in [0.15, 0.2) is 0 Å². The highest BCUT2D eigenvalue weighted by atomic mass is 79.9. The van der Waals surface area contributed by atoms with Gasteiger partial charge in [-0.1, -0.05) is 32.4 Å². The first-order chi connectivity index (χ1) is 7.67. The van der Waals surface area contributed by atoms with Gasteiger partial charge in [-0.05, 0) is 54.3 Å². The number of rotatable bonds is 7. The molecule has 16 heavy (non-hydrogen) atoms. The Morgan fingerprint density at radius 3 is 2.50 bits per heavy atom. The molecule has 0 N–H and O–H groups in total. The SMILES string of the molecule is C\C=C/C(Br)=C(OCCCC)\C(C)=C\CC. The lowest BCUT2D eigenvalue weighted by Crippen LogP contribution is -1.98. The van der Waals surface area contributed by atoms with Crippen molar-refractivity contribution in [3.8, 4) is 0 Å². The van der Waals surface area contributed by atoms with Gasteiger partial charge in [-0.3, -0.25) is 0 Å². The van der Waals surface area contributed by atoms with Crippen LogP contribution in [0.25, 0.3) is 0 Å². The van der Waals surface area contributed by atoms with Crippen molar-refractivity contribution in [2.45, 2.75) is 47.0 Å². The van der Waals surface area contributed by atoms with Crippen LogP contribution in [0.2, 0.25) is 0 Å². The second kappa shape index (κ2) is 9.71. The van der Waals surface area contributed by atoms with Gasteiger partial charge in [0.25, 0.3) is 0 Å². The van der Waals surface area contributed by atoms with Gasteiger partial charge < -0.3 is 4.74 Å². The molecule has 0 spiro atoms. The van der Waals surface area contributed by atoms with E-state index >= 15 is 0 Å². The van der Waals surface area contributed by atoms with E-state index < -0.39 is 0 Å². The highest BCUT2D eigenvalue weighted by Gasteiger charge is 2.05. The van der Waals surface area contributed by atoms with Gasteiger partial charge in [0.1, 0.15) is 5.76 Å². The number of halogens is 1. The zero-order valence-corrected chi connectivity index (χ0v) is 12.4. The molecule has 0 unspecified atom stereocenters. The van der Waals surface area contributed by atoms with Crippen molar-refractivity contribution in [3.63, 3.8) is 0 Å². The first-order valence-electron chi connectivity index (χ1n) is 5.99. The van der Waals surface area contributed by atoms with Crippen LogP contribution in [0.3, 0.4) is 0 Å². The third-order valence-corrected chi connectivity index (χ3v) is 2.77. The standard InChI is InChI=1S/C14H23BrO/c1-5-8-11-16-14(12(4)9-6-2)13(15)10-7-3/h7,9-10H,5-6,8,11H2,1-4H3/b10-7-,12-9+,14-13-. The summed E-state index contributed by atoms with van der Waals surface area (Å²) in [6.45, 7) is 9.19. The van der Waals surface area contributed by atoms with Gasteiger partial charge in [-0.15, -0.1) is 0 Å². The lowest BCUT2D eigenvalue weighted by atomic mass is 10.2. The quantitative estimate of drug-likeness (QED) is 0.349. The maximum atomic E-state index is 5.82. The van der Waals surface area contributed by atoms with E-state index in [9.17, 15) is 0 Å². The molecule has 0 heterocycles. The predicted molar refractivity (Wildman–Crippen MR) is 75.7 cm³/mol. The van der Waals surface area contributed by atoms with Crippen LogP contribution in [0.1, 0.15) is 47.0 Å². The summed E-state index contributed by atoms with van der Waals surface area (Å²) in [6.07, 6.45) is 9.50. The van der Waals surface area contributed by atoms with E-state index in [1.54, 1.807) is 0 Å². The number of hydrogen-bond donors (Lipinski definition) is 0. The largest absolute Gasteiger partial charge is 0.492 e. The molecule has 0 aromatic carbocycles. The number of hydrogen-bond acceptors (Lipinski definition) is 1. The van der Waals surface area contributed by atoms with Crippen molar-refractivity contribution in [1.82, 2.24) is 0 Å². The number of ether oxygens (including phenoxy) is 1. The smallest absolute Gasteiger partial charge is 0.136 e. The Hall–Kier alpha value is -0.500. The molecule has 0 bridgehead atoms. The second-order valence-electron chi connectivity index (χ2n) is 3.67. The van der Waals surface area contributed by atoms with E-state index in [4.69, 9.17) is 4.74 Å². The minimum atomic E-state index is 0.785. The average Bonchev–Trinajstić information content (AvgIpc) is 2.25. The summed E-state index contributed by atoms with van der Waals surface area (Å²) < 4.78 is 6.85. The summed E-state index contributed by atoms with van der Waals surface area (Å²) in [6, 6.07) is 0. The molecule has 0 saturated heterocycles. The Labute approximate surface area is 108 Å². The Kier molecular flexibility index (Phi) is 9.40. The summed E-state index contributed by atoms with van der Waals surface area (Å²) in [4.78, 5) is 0. The normalized spacial score (nSPS) is 14.2. The van der Waals surface area contributed by atoms with Gasteiger partial charge in [0.05, 0.1) is 11.1 Å². The van der Waals surface area contributed by atoms with Crippen LogP contribution >= 0.6 is 15.9 Å². The van der Waals surface area contributed by atoms with Crippen molar-refractivity contribution >= 4 is 15.9 Å². The summed E-state index contributed by atoms with van der Waals surface area (Å²) in [7, 11) is 0. The van der Waals surface area contributed by atoms with E-state index in [1.807, 2.05) is 19.1 Å². The molecule has 0 aliphatic carbocycles. The molecule has 0 saturated carbocycles. The molecule has 92 valence electrons. The fourth-order valence-electron chi connectivity index (χ4n) is 1.31. The van der Waals surface area contributed by atoms with Gasteiger partial charge in [0, 0.05) is 0 Å². The van der Waals surface area contributed by atoms with E-state index in [1.165, 1.54) is 5.57 Å². The summed E-state index contributed by atoms with van der Waals surface area (Å²) in [5.74, 6) is 0.966. The third kappa shape index (κ3) is 6.16. The van der Waals surface area contributed by atoms with E-state index in [-0.39, 0.29) is 0 Å². The van der Waals surface area contributed by atoms with Gasteiger partial charge in [0.2, 0.25) is 0 Å². The summed E-state index contributed by atoms with van der Waals surface area (Å²) in [5, 5.41) is 0. The topological polar surface area (TPSA) is 9.23 Å². The number of allylic oxidation sites excluding steroid dienone is 5. The molecular weight excluding hydrogens is 264 g/mol. The molecule has 0 atom stereocenters. The Balaban J connectivity index is 4.76. The molecule has 2 heteroatoms. The Morgan fingerprint density at radius 1 is 1.31 bits per heavy atom. The zero-order chi connectivity index (χ0) is 12.4. The lowest BCUT2D eigenvalue weighted by Gasteiger charge is -2.12. The van der Waals surface area contributed by atoms with E-state index in [0.29, 0.717) is 0 Å². The first-order valence-corrected chi connectivity index (χ1v) is 6.79. The predicted octanol–water partition coefficient (Wildman–Crippen LogP) is 5.34. The third-order valence-electron chi connectivity index (χ3n) is 2.14. The van der Waals surface area contributed by atoms with E-state index in [0.717, 1.165) is 36.1 Å². The molecular formula is C14H23BrO. The van der Waals surface area contributed by atoms with Crippen molar-refractivity contribution < 1.29 is 4.74 Å². The molecule has 0 amide bonds. The van der Waals surface area contributed by atoms with Gasteiger partial charge in [-0.2, -0.15) is 0 Å². The first kappa shape index (κ1) is 15.5. The lowest BCUT2D eigenvalue weighted by molar-refractivity contribution is 0.214. The molecule has 0 aliphatic heterocycles. The van der Waals surface area contributed by atoms with E-state index in [2.05, 4.69) is 42.8 Å². The molecule has 0 rings (SSSR count). The summed E-state index contributed by atoms with van der Waals surface area (Å²) >= 11 is 3.55. The Bertz CT molecular complexity index is 274. The van der Waals surface area contributed by atoms with Crippen LogP contribution in [0.15, 0.2) is 34.0 Å². The van der Waals surface area contributed by atoms with Crippen LogP contribution in [0, 0.1) is 0 Å². The summed E-state index contributed by atoms with van der Waals surface area (Å²) in [5.41, 5.74) is 1.20. The van der Waals surface area contributed by atoms with Gasteiger partial charge in [-0.25, -0.2) is 0 Å². The average molecular weight is 287 g/mol. The minimum Gasteiger partial charge on any atom is -0.492 e. The van der Waals surface area contributed by atoms with Gasteiger partial charge >= 0.3 is 0 Å². The van der Waals surface area contributed by atoms with Crippen LogP contribution in [0.4, 0.5) is 0 Å². The van der Waals surface area contributed by atoms with Crippen LogP contribution in [-0.4, -0.2) is 6.61 Å². The second-order valence-corrected chi connectivity index (χ2v) is 4.53. The fourth-order valence-corrected chi connectivity index (χ4v) is 2.00. The zero-order valence-electron chi connectivity index (χ0n) is 10.8. The maximum absolute atomic E-state index is 5.82. The molecule has 0 aromatic rings. The van der Waals surface area contributed by atoms with Crippen LogP contribution < -0.4 is 0 Å². The van der Waals surface area contributed by atoms with Crippen molar-refractivity contribution in [1.29, 1.82) is 0 Å². The van der Waals surface area contributed by atoms with Crippen molar-refractivity contribution in [2.24, 2.45) is 0 Å². The molecule has 0 radical (unpaired) electrons. The fraction of sp³-hybridized carbons (Fsp3) is 0.571. The molecule has 1 nitrogen and oxygen atoms in total. The molecule has 0 aromatic heterocycles. The molecule has 0 fully saturated rings. The minimum absolute atomic E-state index is 0.785. The van der Waals surface area contributed by atoms with Crippen molar-refractivity contribution in [3.05, 3.63) is 34.0 Å².